The smallest absolute Gasteiger partial charge is 0.0616 e. The first-order valence-electron chi connectivity index (χ1n) is 8.51. The molecule has 1 fully saturated rings. The maximum absolute atomic E-state index is 9.84. The summed E-state index contributed by atoms with van der Waals surface area (Å²) in [4.78, 5) is 0. The Hall–Kier alpha value is -0.120. The van der Waals surface area contributed by atoms with E-state index < -0.39 is 0 Å². The molecule has 3 atom stereocenters. The highest BCUT2D eigenvalue weighted by Gasteiger charge is 2.41. The van der Waals surface area contributed by atoms with Crippen LogP contribution in [-0.4, -0.2) is 36.5 Å². The van der Waals surface area contributed by atoms with Crippen molar-refractivity contribution in [2.24, 2.45) is 11.8 Å². The van der Waals surface area contributed by atoms with E-state index in [1.54, 1.807) is 0 Å². The molecule has 1 saturated carbocycles. The van der Waals surface area contributed by atoms with Gasteiger partial charge in [-0.3, -0.25) is 0 Å². The van der Waals surface area contributed by atoms with Gasteiger partial charge < -0.3 is 15.2 Å². The van der Waals surface area contributed by atoms with Crippen LogP contribution in [0.25, 0.3) is 0 Å². The summed E-state index contributed by atoms with van der Waals surface area (Å²) in [7, 11) is 0. The lowest BCUT2D eigenvalue weighted by Gasteiger charge is -2.35. The van der Waals surface area contributed by atoms with E-state index in [1.165, 1.54) is 12.8 Å². The topological polar surface area (TPSA) is 41.5 Å². The second kappa shape index (κ2) is 9.01. The predicted octanol–water partition coefficient (Wildman–Crippen LogP) is 3.36. The number of hydrogen-bond acceptors (Lipinski definition) is 3. The predicted molar refractivity (Wildman–Crippen MR) is 84.9 cm³/mol. The molecule has 2 N–H and O–H groups in total. The zero-order valence-electron chi connectivity index (χ0n) is 14.0. The zero-order valence-corrected chi connectivity index (χ0v) is 14.0. The van der Waals surface area contributed by atoms with E-state index in [4.69, 9.17) is 4.74 Å². The standard InChI is InChI=1S/C17H35NO2/c1-5-10-18-17(13-19)9-6-7-16(17)8-11-20-15(4)12-14(2)3/h14-16,18-19H,5-13H2,1-4H3. The highest BCUT2D eigenvalue weighted by atomic mass is 16.5. The van der Waals surface area contributed by atoms with E-state index in [9.17, 15) is 5.11 Å². The van der Waals surface area contributed by atoms with Crippen LogP contribution in [0.2, 0.25) is 0 Å². The molecule has 1 aliphatic rings. The van der Waals surface area contributed by atoms with Crippen molar-refractivity contribution in [3.05, 3.63) is 0 Å². The second-order valence-electron chi connectivity index (χ2n) is 6.93. The van der Waals surface area contributed by atoms with Crippen molar-refractivity contribution in [3.63, 3.8) is 0 Å². The van der Waals surface area contributed by atoms with Crippen LogP contribution in [0, 0.1) is 11.8 Å². The average Bonchev–Trinajstić information content (AvgIpc) is 2.79. The van der Waals surface area contributed by atoms with Gasteiger partial charge in [-0.2, -0.15) is 0 Å². The molecule has 0 aromatic heterocycles. The second-order valence-corrected chi connectivity index (χ2v) is 6.93. The van der Waals surface area contributed by atoms with Gasteiger partial charge in [-0.05, 0) is 57.4 Å². The zero-order chi connectivity index (χ0) is 15.0. The summed E-state index contributed by atoms with van der Waals surface area (Å²) in [6, 6.07) is 0. The van der Waals surface area contributed by atoms with E-state index in [1.807, 2.05) is 0 Å². The fourth-order valence-electron chi connectivity index (χ4n) is 3.58. The number of ether oxygens (including phenoxy) is 1. The fourth-order valence-corrected chi connectivity index (χ4v) is 3.58. The molecule has 3 unspecified atom stereocenters. The van der Waals surface area contributed by atoms with Gasteiger partial charge >= 0.3 is 0 Å². The Morgan fingerprint density at radius 2 is 2.10 bits per heavy atom. The van der Waals surface area contributed by atoms with E-state index in [0.29, 0.717) is 17.9 Å². The first kappa shape index (κ1) is 17.9. The van der Waals surface area contributed by atoms with E-state index >= 15 is 0 Å². The van der Waals surface area contributed by atoms with Crippen molar-refractivity contribution in [2.45, 2.75) is 77.9 Å². The van der Waals surface area contributed by atoms with E-state index in [2.05, 4.69) is 33.0 Å². The molecule has 0 bridgehead atoms. The lowest BCUT2D eigenvalue weighted by molar-refractivity contribution is 0.0303. The molecule has 0 heterocycles. The normalized spacial score (nSPS) is 28.2. The van der Waals surface area contributed by atoms with Crippen LogP contribution in [0.3, 0.4) is 0 Å². The van der Waals surface area contributed by atoms with Gasteiger partial charge in [0, 0.05) is 12.1 Å². The summed E-state index contributed by atoms with van der Waals surface area (Å²) in [5.41, 5.74) is -0.0410. The number of hydrogen-bond donors (Lipinski definition) is 2. The third-order valence-electron chi connectivity index (χ3n) is 4.64. The van der Waals surface area contributed by atoms with Gasteiger partial charge in [0.2, 0.25) is 0 Å². The van der Waals surface area contributed by atoms with Gasteiger partial charge in [0.1, 0.15) is 0 Å². The number of rotatable bonds is 10. The Bertz CT molecular complexity index is 257. The minimum atomic E-state index is -0.0410. The lowest BCUT2D eigenvalue weighted by Crippen LogP contribution is -2.52. The SMILES string of the molecule is CCCNC1(CO)CCCC1CCOC(C)CC(C)C. The van der Waals surface area contributed by atoms with Crippen molar-refractivity contribution in [2.75, 3.05) is 19.8 Å². The summed E-state index contributed by atoms with van der Waals surface area (Å²) in [6.45, 7) is 10.9. The Kier molecular flexibility index (Phi) is 8.08. The Morgan fingerprint density at radius 1 is 1.35 bits per heavy atom. The summed E-state index contributed by atoms with van der Waals surface area (Å²) in [6.07, 6.45) is 7.22. The molecular formula is C17H35NO2. The first-order valence-corrected chi connectivity index (χ1v) is 8.51. The van der Waals surface area contributed by atoms with Crippen LogP contribution in [0.4, 0.5) is 0 Å². The highest BCUT2D eigenvalue weighted by molar-refractivity contribution is 4.98. The minimum absolute atomic E-state index is 0.0410. The van der Waals surface area contributed by atoms with Gasteiger partial charge in [0.05, 0.1) is 12.7 Å². The lowest BCUT2D eigenvalue weighted by atomic mass is 9.85. The van der Waals surface area contributed by atoms with Crippen LogP contribution in [0.15, 0.2) is 0 Å². The quantitative estimate of drug-likeness (QED) is 0.647. The Balaban J connectivity index is 2.37. The van der Waals surface area contributed by atoms with Crippen LogP contribution >= 0.6 is 0 Å². The minimum Gasteiger partial charge on any atom is -0.394 e. The number of nitrogens with one attached hydrogen (secondary N) is 1. The van der Waals surface area contributed by atoms with Crippen LogP contribution in [0.1, 0.15) is 66.2 Å². The molecule has 120 valence electrons. The van der Waals surface area contributed by atoms with Crippen molar-refractivity contribution < 1.29 is 9.84 Å². The molecule has 0 aromatic carbocycles. The maximum Gasteiger partial charge on any atom is 0.0616 e. The summed E-state index contributed by atoms with van der Waals surface area (Å²) in [5, 5.41) is 13.4. The molecule has 0 aliphatic heterocycles. The number of aliphatic hydroxyl groups excluding tert-OH is 1. The molecule has 0 saturated heterocycles. The van der Waals surface area contributed by atoms with Crippen LogP contribution in [0.5, 0.6) is 0 Å². The van der Waals surface area contributed by atoms with Gasteiger partial charge in [-0.1, -0.05) is 27.2 Å². The first-order chi connectivity index (χ1) is 9.54. The molecular weight excluding hydrogens is 250 g/mol. The van der Waals surface area contributed by atoms with Gasteiger partial charge in [0.15, 0.2) is 0 Å². The fraction of sp³-hybridized carbons (Fsp3) is 1.00. The Morgan fingerprint density at radius 3 is 2.70 bits per heavy atom. The van der Waals surface area contributed by atoms with Crippen molar-refractivity contribution in [1.82, 2.24) is 5.32 Å². The monoisotopic (exact) mass is 285 g/mol. The van der Waals surface area contributed by atoms with Gasteiger partial charge in [-0.15, -0.1) is 0 Å². The molecule has 3 nitrogen and oxygen atoms in total. The van der Waals surface area contributed by atoms with E-state index in [0.717, 1.165) is 38.8 Å². The molecule has 0 amide bonds. The third-order valence-corrected chi connectivity index (χ3v) is 4.64. The summed E-state index contributed by atoms with van der Waals surface area (Å²) in [5.74, 6) is 1.25. The molecule has 3 heteroatoms. The summed E-state index contributed by atoms with van der Waals surface area (Å²) < 4.78 is 5.95. The molecule has 1 aliphatic carbocycles. The van der Waals surface area contributed by atoms with Crippen LogP contribution < -0.4 is 5.32 Å². The van der Waals surface area contributed by atoms with Gasteiger partial charge in [-0.25, -0.2) is 0 Å². The maximum atomic E-state index is 9.84. The average molecular weight is 285 g/mol. The van der Waals surface area contributed by atoms with E-state index in [-0.39, 0.29) is 12.1 Å². The van der Waals surface area contributed by atoms with Crippen molar-refractivity contribution in [1.29, 1.82) is 0 Å². The van der Waals surface area contributed by atoms with Crippen molar-refractivity contribution in [3.8, 4) is 0 Å². The molecule has 0 aromatic rings. The van der Waals surface area contributed by atoms with Gasteiger partial charge in [0.25, 0.3) is 0 Å². The highest BCUT2D eigenvalue weighted by Crippen LogP contribution is 2.37. The Labute approximate surface area is 125 Å². The molecule has 0 spiro atoms. The molecule has 0 radical (unpaired) electrons. The number of aliphatic hydroxyl groups is 1. The molecule has 20 heavy (non-hydrogen) atoms. The van der Waals surface area contributed by atoms with Crippen molar-refractivity contribution >= 4 is 0 Å². The largest absolute Gasteiger partial charge is 0.394 e. The van der Waals surface area contributed by atoms with Crippen LogP contribution in [-0.2, 0) is 4.74 Å². The molecule has 1 rings (SSSR count). The summed E-state index contributed by atoms with van der Waals surface area (Å²) >= 11 is 0. The third kappa shape index (κ3) is 5.34.